The number of likely N-dealkylation sites (N-methyl/N-ethyl adjacent to an activating group) is 1. The molecule has 3 N–H and O–H groups in total. The summed E-state index contributed by atoms with van der Waals surface area (Å²) in [5.74, 6) is 2.31. The third-order valence-electron chi connectivity index (χ3n) is 4.10. The molecule has 1 atom stereocenters. The molecule has 0 aromatic carbocycles. The summed E-state index contributed by atoms with van der Waals surface area (Å²) in [5.41, 5.74) is -0.318. The number of rotatable bonds is 11. The molecule has 1 unspecified atom stereocenters. The van der Waals surface area contributed by atoms with Crippen molar-refractivity contribution in [2.45, 2.75) is 17.5 Å². The molecule has 1 aliphatic heterocycles. The Morgan fingerprint density at radius 2 is 1.97 bits per heavy atom. The normalized spacial score (nSPS) is 19.6. The second kappa shape index (κ2) is 10.9. The first-order valence-corrected chi connectivity index (χ1v) is 12.2. The first kappa shape index (κ1) is 24.4. The van der Waals surface area contributed by atoms with E-state index in [1.807, 2.05) is 50.1 Å². The van der Waals surface area contributed by atoms with E-state index < -0.39 is 21.2 Å². The maximum Gasteiger partial charge on any atom is 0.251 e. The van der Waals surface area contributed by atoms with Crippen LogP contribution < -0.4 is 10.0 Å². The molecule has 1 aliphatic rings. The predicted octanol–water partition coefficient (Wildman–Crippen LogP) is -0.0279. The summed E-state index contributed by atoms with van der Waals surface area (Å²) >= 11 is 1.60. The molecule has 168 valence electrons. The average Bonchev–Trinajstić information content (AvgIpc) is 3.15. The number of furan rings is 1. The highest BCUT2D eigenvalue weighted by atomic mass is 32.2. The Kier molecular flexibility index (Phi) is 8.89. The van der Waals surface area contributed by atoms with Crippen LogP contribution in [0.15, 0.2) is 21.5 Å². The van der Waals surface area contributed by atoms with E-state index in [9.17, 15) is 13.2 Å². The minimum Gasteiger partial charge on any atom is -0.464 e. The van der Waals surface area contributed by atoms with Gasteiger partial charge < -0.3 is 19.5 Å². The average molecular weight is 459 g/mol. The molecule has 2 rings (SSSR count). The molecular formula is C18H30N6O4S2. The number of thioether (sulfide) groups is 1. The van der Waals surface area contributed by atoms with Gasteiger partial charge in [0.1, 0.15) is 17.2 Å². The smallest absolute Gasteiger partial charge is 0.251 e. The zero-order chi connectivity index (χ0) is 22.3. The van der Waals surface area contributed by atoms with Crippen LogP contribution in [0.4, 0.5) is 0 Å². The van der Waals surface area contributed by atoms with Crippen molar-refractivity contribution < 1.29 is 17.6 Å². The van der Waals surface area contributed by atoms with E-state index in [1.165, 1.54) is 0 Å². The van der Waals surface area contributed by atoms with Gasteiger partial charge in [-0.2, -0.15) is 11.8 Å². The zero-order valence-corrected chi connectivity index (χ0v) is 19.4. The van der Waals surface area contributed by atoms with Gasteiger partial charge in [0.25, 0.3) is 10.0 Å². The lowest BCUT2D eigenvalue weighted by atomic mass is 10.2. The summed E-state index contributed by atoms with van der Waals surface area (Å²) < 4.78 is 32.5. The number of hydrogen-bond donors (Lipinski definition) is 3. The zero-order valence-electron chi connectivity index (χ0n) is 17.8. The van der Waals surface area contributed by atoms with Gasteiger partial charge in [0.05, 0.1) is 18.8 Å². The summed E-state index contributed by atoms with van der Waals surface area (Å²) in [4.78, 5) is 20.3. The van der Waals surface area contributed by atoms with E-state index in [4.69, 9.17) is 9.83 Å². The maximum atomic E-state index is 12.2. The number of carbonyl (C=O) groups excluding carboxylic acids is 1. The SMILES string of the molecule is CN(C)CCNC(=O)C1C(=N)C(=NCCSCc2ccc(CN(C)C)o2)NS1(=O)=O. The van der Waals surface area contributed by atoms with E-state index in [0.717, 1.165) is 18.1 Å². The summed E-state index contributed by atoms with van der Waals surface area (Å²) in [6, 6.07) is 3.90. The third-order valence-corrected chi connectivity index (χ3v) is 6.61. The van der Waals surface area contributed by atoms with Crippen LogP contribution in [-0.4, -0.2) is 94.5 Å². The van der Waals surface area contributed by atoms with Crippen molar-refractivity contribution in [2.24, 2.45) is 4.99 Å². The van der Waals surface area contributed by atoms with Crippen molar-refractivity contribution in [1.82, 2.24) is 19.8 Å². The molecule has 30 heavy (non-hydrogen) atoms. The first-order chi connectivity index (χ1) is 14.1. The van der Waals surface area contributed by atoms with E-state index in [2.05, 4.69) is 15.0 Å². The van der Waals surface area contributed by atoms with Crippen molar-refractivity contribution in [3.63, 3.8) is 0 Å². The minimum atomic E-state index is -3.99. The predicted molar refractivity (Wildman–Crippen MR) is 120 cm³/mol. The summed E-state index contributed by atoms with van der Waals surface area (Å²) in [6.07, 6.45) is 0. The number of aliphatic imine (C=N–C) groups is 1. The van der Waals surface area contributed by atoms with Crippen LogP contribution in [0.2, 0.25) is 0 Å². The van der Waals surface area contributed by atoms with Gasteiger partial charge in [-0.1, -0.05) is 0 Å². The van der Waals surface area contributed by atoms with E-state index in [0.29, 0.717) is 31.1 Å². The van der Waals surface area contributed by atoms with Crippen LogP contribution in [0.1, 0.15) is 11.5 Å². The van der Waals surface area contributed by atoms with Crippen LogP contribution >= 0.6 is 11.8 Å². The lowest BCUT2D eigenvalue weighted by Crippen LogP contribution is -2.44. The lowest BCUT2D eigenvalue weighted by Gasteiger charge is -2.12. The molecule has 1 amide bonds. The van der Waals surface area contributed by atoms with Gasteiger partial charge in [-0.3, -0.25) is 19.9 Å². The van der Waals surface area contributed by atoms with Crippen molar-refractivity contribution in [2.75, 3.05) is 53.6 Å². The molecule has 0 radical (unpaired) electrons. The molecule has 0 spiro atoms. The molecule has 10 nitrogen and oxygen atoms in total. The van der Waals surface area contributed by atoms with Crippen LogP contribution in [0.25, 0.3) is 0 Å². The fraction of sp³-hybridized carbons (Fsp3) is 0.611. The van der Waals surface area contributed by atoms with E-state index in [1.54, 1.807) is 11.8 Å². The molecular weight excluding hydrogens is 428 g/mol. The molecule has 1 aromatic rings. The lowest BCUT2D eigenvalue weighted by molar-refractivity contribution is -0.119. The van der Waals surface area contributed by atoms with Crippen LogP contribution in [0.3, 0.4) is 0 Å². The Hall–Kier alpha value is -1.89. The molecule has 1 fully saturated rings. The topological polar surface area (TPSA) is 131 Å². The molecule has 12 heteroatoms. The van der Waals surface area contributed by atoms with E-state index >= 15 is 0 Å². The molecule has 0 saturated carbocycles. The van der Waals surface area contributed by atoms with Gasteiger partial charge >= 0.3 is 0 Å². The summed E-state index contributed by atoms with van der Waals surface area (Å²) in [7, 11) is 3.66. The number of nitrogens with one attached hydrogen (secondary N) is 3. The fourth-order valence-corrected chi connectivity index (χ4v) is 4.77. The van der Waals surface area contributed by atoms with Crippen LogP contribution in [-0.2, 0) is 27.1 Å². The third kappa shape index (κ3) is 7.11. The van der Waals surface area contributed by atoms with Gasteiger partial charge in [-0.05, 0) is 40.3 Å². The Morgan fingerprint density at radius 1 is 1.27 bits per heavy atom. The monoisotopic (exact) mass is 458 g/mol. The summed E-state index contributed by atoms with van der Waals surface area (Å²) in [6.45, 7) is 1.94. The number of amidine groups is 1. The van der Waals surface area contributed by atoms with Gasteiger partial charge in [0.2, 0.25) is 11.2 Å². The molecule has 2 heterocycles. The van der Waals surface area contributed by atoms with Crippen LogP contribution in [0, 0.1) is 5.41 Å². The number of hydrogen-bond acceptors (Lipinski definition) is 9. The Balaban J connectivity index is 1.82. The number of nitrogens with zero attached hydrogens (tertiary/aromatic N) is 3. The molecule has 0 bridgehead atoms. The van der Waals surface area contributed by atoms with Crippen molar-refractivity contribution >= 4 is 39.2 Å². The highest BCUT2D eigenvalue weighted by Gasteiger charge is 2.45. The highest BCUT2D eigenvalue weighted by Crippen LogP contribution is 2.17. The van der Waals surface area contributed by atoms with Gasteiger partial charge in [0, 0.05) is 18.8 Å². The van der Waals surface area contributed by atoms with Gasteiger partial charge in [0.15, 0.2) is 5.84 Å². The van der Waals surface area contributed by atoms with E-state index in [-0.39, 0.29) is 11.5 Å². The van der Waals surface area contributed by atoms with Crippen LogP contribution in [0.5, 0.6) is 0 Å². The Morgan fingerprint density at radius 3 is 2.63 bits per heavy atom. The van der Waals surface area contributed by atoms with Gasteiger partial charge in [-0.25, -0.2) is 8.42 Å². The molecule has 1 aromatic heterocycles. The number of sulfonamides is 1. The number of amides is 1. The second-order valence-electron chi connectivity index (χ2n) is 7.42. The van der Waals surface area contributed by atoms with Crippen molar-refractivity contribution in [3.8, 4) is 0 Å². The summed E-state index contributed by atoms with van der Waals surface area (Å²) in [5, 5.41) is 9.07. The Bertz CT molecular complexity index is 879. The molecule has 1 saturated heterocycles. The standard InChI is InChI=1S/C18H30N6O4S2/c1-23(2)9-7-21-18(25)16-15(19)17(22-30(16,26)27)20-8-10-29-12-14-6-5-13(28-14)11-24(3)4/h5-6,16,19H,7-12H2,1-4H3,(H,20,22)(H,21,25). The maximum absolute atomic E-state index is 12.2. The largest absolute Gasteiger partial charge is 0.464 e. The highest BCUT2D eigenvalue weighted by molar-refractivity contribution is 7.98. The second-order valence-corrected chi connectivity index (χ2v) is 10.3. The quantitative estimate of drug-likeness (QED) is 0.397. The van der Waals surface area contributed by atoms with Crippen molar-refractivity contribution in [3.05, 3.63) is 23.7 Å². The number of carbonyl (C=O) groups is 1. The fourth-order valence-electron chi connectivity index (χ4n) is 2.70. The van der Waals surface area contributed by atoms with Crippen molar-refractivity contribution in [1.29, 1.82) is 5.41 Å². The minimum absolute atomic E-state index is 0.0605. The first-order valence-electron chi connectivity index (χ1n) is 9.47. The van der Waals surface area contributed by atoms with Gasteiger partial charge in [-0.15, -0.1) is 0 Å². The Labute approximate surface area is 182 Å². The molecule has 0 aliphatic carbocycles.